The number of hydrogen-bond donors (Lipinski definition) is 2. The number of aliphatic imine (C=N–C) groups is 1. The first-order valence-corrected chi connectivity index (χ1v) is 6.39. The molecule has 0 fully saturated rings. The molecule has 5 heteroatoms. The summed E-state index contributed by atoms with van der Waals surface area (Å²) >= 11 is 0. The molecule has 18 heavy (non-hydrogen) atoms. The van der Waals surface area contributed by atoms with Gasteiger partial charge >= 0.3 is 0 Å². The van der Waals surface area contributed by atoms with Crippen LogP contribution in [0.3, 0.4) is 0 Å². The molecular formula is C13H21FN4. The molecule has 1 aromatic heterocycles. The van der Waals surface area contributed by atoms with E-state index in [4.69, 9.17) is 0 Å². The van der Waals surface area contributed by atoms with Gasteiger partial charge in [0, 0.05) is 19.3 Å². The number of unbranched alkanes of at least 4 members (excludes halogenated alkanes) is 1. The van der Waals surface area contributed by atoms with E-state index in [1.807, 2.05) is 6.92 Å². The van der Waals surface area contributed by atoms with Crippen LogP contribution < -0.4 is 10.6 Å². The number of guanidine groups is 1. The number of hydrogen-bond acceptors (Lipinski definition) is 2. The van der Waals surface area contributed by atoms with Crippen molar-refractivity contribution in [3.8, 4) is 0 Å². The van der Waals surface area contributed by atoms with Crippen molar-refractivity contribution in [3.05, 3.63) is 29.8 Å². The molecule has 2 N–H and O–H groups in total. The lowest BCUT2D eigenvalue weighted by Crippen LogP contribution is -2.37. The van der Waals surface area contributed by atoms with Gasteiger partial charge < -0.3 is 10.6 Å². The van der Waals surface area contributed by atoms with Crippen LogP contribution in [0.5, 0.6) is 0 Å². The first-order valence-electron chi connectivity index (χ1n) is 6.39. The van der Waals surface area contributed by atoms with Crippen LogP contribution in [0.15, 0.2) is 23.3 Å². The molecule has 0 radical (unpaired) electrons. The molecule has 4 nitrogen and oxygen atoms in total. The van der Waals surface area contributed by atoms with Gasteiger partial charge in [-0.05, 0) is 25.5 Å². The number of pyridine rings is 1. The van der Waals surface area contributed by atoms with Crippen LogP contribution in [0.1, 0.15) is 32.4 Å². The molecule has 1 heterocycles. The summed E-state index contributed by atoms with van der Waals surface area (Å²) in [4.78, 5) is 8.28. The second-order valence-corrected chi connectivity index (χ2v) is 3.91. The lowest BCUT2D eigenvalue weighted by atomic mass is 10.3. The van der Waals surface area contributed by atoms with Crippen LogP contribution >= 0.6 is 0 Å². The zero-order valence-electron chi connectivity index (χ0n) is 11.0. The molecule has 0 bridgehead atoms. The fraction of sp³-hybridized carbons (Fsp3) is 0.538. The average Bonchev–Trinajstić information content (AvgIpc) is 2.38. The van der Waals surface area contributed by atoms with Crippen molar-refractivity contribution in [1.29, 1.82) is 0 Å². The normalized spacial score (nSPS) is 11.4. The van der Waals surface area contributed by atoms with Gasteiger partial charge in [-0.25, -0.2) is 9.38 Å². The van der Waals surface area contributed by atoms with E-state index in [9.17, 15) is 4.39 Å². The molecule has 0 aliphatic rings. The van der Waals surface area contributed by atoms with Crippen molar-refractivity contribution in [3.63, 3.8) is 0 Å². The van der Waals surface area contributed by atoms with Gasteiger partial charge in [-0.1, -0.05) is 13.3 Å². The average molecular weight is 252 g/mol. The molecule has 0 unspecified atom stereocenters. The summed E-state index contributed by atoms with van der Waals surface area (Å²) in [5, 5.41) is 6.32. The van der Waals surface area contributed by atoms with Gasteiger partial charge in [-0.3, -0.25) is 4.98 Å². The Balaban J connectivity index is 2.56. The number of rotatable bonds is 6. The van der Waals surface area contributed by atoms with Gasteiger partial charge in [0.25, 0.3) is 0 Å². The van der Waals surface area contributed by atoms with Gasteiger partial charge in [0.2, 0.25) is 0 Å². The van der Waals surface area contributed by atoms with Crippen LogP contribution in [0.2, 0.25) is 0 Å². The lowest BCUT2D eigenvalue weighted by Gasteiger charge is -2.10. The third-order valence-corrected chi connectivity index (χ3v) is 2.39. The maximum atomic E-state index is 13.4. The van der Waals surface area contributed by atoms with Gasteiger partial charge in [0.05, 0.1) is 12.2 Å². The Labute approximate surface area is 108 Å². The summed E-state index contributed by atoms with van der Waals surface area (Å²) in [6, 6.07) is 2.97. The third kappa shape index (κ3) is 5.12. The number of nitrogens with zero attached hydrogens (tertiary/aromatic N) is 2. The van der Waals surface area contributed by atoms with Gasteiger partial charge in [-0.15, -0.1) is 0 Å². The van der Waals surface area contributed by atoms with Gasteiger partial charge in [0.15, 0.2) is 5.96 Å². The lowest BCUT2D eigenvalue weighted by molar-refractivity contribution is 0.599. The largest absolute Gasteiger partial charge is 0.357 e. The summed E-state index contributed by atoms with van der Waals surface area (Å²) < 4.78 is 13.4. The van der Waals surface area contributed by atoms with E-state index >= 15 is 0 Å². The highest BCUT2D eigenvalue weighted by molar-refractivity contribution is 5.79. The fourth-order valence-electron chi connectivity index (χ4n) is 1.41. The quantitative estimate of drug-likeness (QED) is 0.463. The fourth-order valence-corrected chi connectivity index (χ4v) is 1.41. The predicted molar refractivity (Wildman–Crippen MR) is 71.9 cm³/mol. The van der Waals surface area contributed by atoms with Crippen LogP contribution in [0.25, 0.3) is 0 Å². The smallest absolute Gasteiger partial charge is 0.191 e. The SMILES string of the molecule is CCCCNC(=NCc1ncccc1F)NCC. The monoisotopic (exact) mass is 252 g/mol. The molecular weight excluding hydrogens is 231 g/mol. The summed E-state index contributed by atoms with van der Waals surface area (Å²) in [5.41, 5.74) is 0.366. The van der Waals surface area contributed by atoms with Gasteiger partial charge in [-0.2, -0.15) is 0 Å². The van der Waals surface area contributed by atoms with E-state index in [0.717, 1.165) is 25.9 Å². The minimum atomic E-state index is -0.314. The predicted octanol–water partition coefficient (Wildman–Crippen LogP) is 2.08. The van der Waals surface area contributed by atoms with E-state index in [1.54, 1.807) is 12.3 Å². The Morgan fingerprint density at radius 3 is 2.89 bits per heavy atom. The minimum absolute atomic E-state index is 0.244. The second-order valence-electron chi connectivity index (χ2n) is 3.91. The van der Waals surface area contributed by atoms with Crippen molar-refractivity contribution < 1.29 is 4.39 Å². The van der Waals surface area contributed by atoms with E-state index in [2.05, 4.69) is 27.5 Å². The number of nitrogens with one attached hydrogen (secondary N) is 2. The van der Waals surface area contributed by atoms with Crippen molar-refractivity contribution in [2.45, 2.75) is 33.2 Å². The Morgan fingerprint density at radius 1 is 1.39 bits per heavy atom. The van der Waals surface area contributed by atoms with Crippen molar-refractivity contribution in [1.82, 2.24) is 15.6 Å². The maximum absolute atomic E-state index is 13.4. The van der Waals surface area contributed by atoms with E-state index in [1.165, 1.54) is 6.07 Å². The number of halogens is 1. The highest BCUT2D eigenvalue weighted by Gasteiger charge is 2.02. The Morgan fingerprint density at radius 2 is 2.22 bits per heavy atom. The van der Waals surface area contributed by atoms with E-state index in [0.29, 0.717) is 11.7 Å². The molecule has 0 spiro atoms. The highest BCUT2D eigenvalue weighted by atomic mass is 19.1. The summed E-state index contributed by atoms with van der Waals surface area (Å²) in [5.74, 6) is 0.390. The Hall–Kier alpha value is -1.65. The first kappa shape index (κ1) is 14.4. The molecule has 1 aromatic rings. The zero-order valence-corrected chi connectivity index (χ0v) is 11.0. The maximum Gasteiger partial charge on any atom is 0.191 e. The topological polar surface area (TPSA) is 49.3 Å². The van der Waals surface area contributed by atoms with Crippen LogP contribution in [-0.4, -0.2) is 24.0 Å². The molecule has 0 aliphatic heterocycles. The van der Waals surface area contributed by atoms with Crippen molar-refractivity contribution >= 4 is 5.96 Å². The summed E-state index contributed by atoms with van der Waals surface area (Å²) in [6.07, 6.45) is 3.79. The molecule has 0 aliphatic carbocycles. The molecule has 0 saturated carbocycles. The standard InChI is InChI=1S/C13H21FN4/c1-3-5-8-17-13(15-4-2)18-10-12-11(14)7-6-9-16-12/h6-7,9H,3-5,8,10H2,1-2H3,(H2,15,17,18). The van der Waals surface area contributed by atoms with Crippen LogP contribution in [0.4, 0.5) is 4.39 Å². The van der Waals surface area contributed by atoms with E-state index in [-0.39, 0.29) is 12.4 Å². The summed E-state index contributed by atoms with van der Waals surface area (Å²) in [7, 11) is 0. The molecule has 0 saturated heterocycles. The molecule has 0 aromatic carbocycles. The molecule has 0 amide bonds. The Kier molecular flexibility index (Phi) is 6.76. The van der Waals surface area contributed by atoms with Crippen LogP contribution in [0, 0.1) is 5.82 Å². The zero-order chi connectivity index (χ0) is 13.2. The minimum Gasteiger partial charge on any atom is -0.357 e. The number of aromatic nitrogens is 1. The second kappa shape index (κ2) is 8.44. The van der Waals surface area contributed by atoms with Crippen molar-refractivity contribution in [2.75, 3.05) is 13.1 Å². The van der Waals surface area contributed by atoms with Crippen LogP contribution in [-0.2, 0) is 6.54 Å². The molecule has 1 rings (SSSR count). The highest BCUT2D eigenvalue weighted by Crippen LogP contribution is 2.03. The van der Waals surface area contributed by atoms with Gasteiger partial charge in [0.1, 0.15) is 5.82 Å². The molecule has 0 atom stereocenters. The molecule has 100 valence electrons. The van der Waals surface area contributed by atoms with E-state index < -0.39 is 0 Å². The Bertz CT molecular complexity index is 379. The third-order valence-electron chi connectivity index (χ3n) is 2.39. The summed E-state index contributed by atoms with van der Waals surface area (Å²) in [6.45, 7) is 6.03. The van der Waals surface area contributed by atoms with Crippen molar-refractivity contribution in [2.24, 2.45) is 4.99 Å². The first-order chi connectivity index (χ1) is 8.77.